The monoisotopic (exact) mass is 361 g/mol. The number of hydrogen-bond donors (Lipinski definition) is 0. The van der Waals surface area contributed by atoms with E-state index in [2.05, 4.69) is 5.10 Å². The second kappa shape index (κ2) is 6.80. The average Bonchev–Trinajstić information content (AvgIpc) is 3.13. The van der Waals surface area contributed by atoms with Crippen LogP contribution in [-0.2, 0) is 11.8 Å². The number of anilines is 1. The van der Waals surface area contributed by atoms with Crippen molar-refractivity contribution in [1.29, 1.82) is 0 Å². The number of fused-ring (bicyclic) bond motifs is 1. The van der Waals surface area contributed by atoms with Crippen LogP contribution in [0.15, 0.2) is 28.9 Å². The van der Waals surface area contributed by atoms with Gasteiger partial charge in [-0.1, -0.05) is 11.6 Å². The maximum Gasteiger partial charge on any atom is 0.414 e. The van der Waals surface area contributed by atoms with E-state index in [0.717, 1.165) is 16.5 Å². The van der Waals surface area contributed by atoms with Crippen LogP contribution in [0.1, 0.15) is 19.6 Å². The van der Waals surface area contributed by atoms with E-state index in [1.54, 1.807) is 22.7 Å². The number of nitrogens with zero attached hydrogens (tertiary/aromatic N) is 3. The Morgan fingerprint density at radius 1 is 1.36 bits per heavy atom. The molecule has 0 aliphatic heterocycles. The fourth-order valence-corrected chi connectivity index (χ4v) is 3.17. The number of benzene rings is 1. The molecule has 0 saturated carbocycles. The molecule has 0 spiro atoms. The van der Waals surface area contributed by atoms with Crippen molar-refractivity contribution in [2.24, 2.45) is 7.05 Å². The van der Waals surface area contributed by atoms with E-state index in [1.165, 1.54) is 0 Å². The Kier molecular flexibility index (Phi) is 4.72. The highest BCUT2D eigenvalue weighted by Gasteiger charge is 2.24. The van der Waals surface area contributed by atoms with Gasteiger partial charge in [-0.05, 0) is 38.5 Å². The molecule has 6 nitrogen and oxygen atoms in total. The third-order valence-electron chi connectivity index (χ3n) is 4.00. The predicted octanol–water partition coefficient (Wildman–Crippen LogP) is 4.78. The number of aromatic nitrogens is 2. The summed E-state index contributed by atoms with van der Waals surface area (Å²) in [5, 5.41) is 5.47. The summed E-state index contributed by atoms with van der Waals surface area (Å²) in [6.45, 7) is 6.26. The quantitative estimate of drug-likeness (QED) is 0.671. The lowest BCUT2D eigenvalue weighted by Crippen LogP contribution is -2.31. The van der Waals surface area contributed by atoms with Crippen molar-refractivity contribution >= 4 is 34.4 Å². The molecule has 3 aromatic rings. The zero-order chi connectivity index (χ0) is 18.1. The van der Waals surface area contributed by atoms with Gasteiger partial charge >= 0.3 is 6.09 Å². The first-order chi connectivity index (χ1) is 12.0. The van der Waals surface area contributed by atoms with Crippen molar-refractivity contribution in [3.05, 3.63) is 35.3 Å². The molecule has 132 valence electrons. The summed E-state index contributed by atoms with van der Waals surface area (Å²) in [4.78, 5) is 13.9. The standard InChI is InChI=1S/C18H20ClN3O3/c1-5-22(18(23)24-6-2)16-11(3)25-17-14(16)7-12(8-15(17)19)13-9-20-21(4)10-13/h7-10H,5-6H2,1-4H3. The molecular weight excluding hydrogens is 342 g/mol. The minimum atomic E-state index is -0.404. The lowest BCUT2D eigenvalue weighted by atomic mass is 10.1. The van der Waals surface area contributed by atoms with E-state index in [9.17, 15) is 4.79 Å². The van der Waals surface area contributed by atoms with E-state index in [-0.39, 0.29) is 0 Å². The lowest BCUT2D eigenvalue weighted by Gasteiger charge is -2.19. The van der Waals surface area contributed by atoms with Crippen LogP contribution < -0.4 is 4.90 Å². The second-order valence-electron chi connectivity index (χ2n) is 5.69. The van der Waals surface area contributed by atoms with Crippen LogP contribution in [0.4, 0.5) is 10.5 Å². The molecular formula is C18H20ClN3O3. The van der Waals surface area contributed by atoms with Gasteiger partial charge < -0.3 is 9.15 Å². The van der Waals surface area contributed by atoms with Crippen LogP contribution in [0.25, 0.3) is 22.1 Å². The summed E-state index contributed by atoms with van der Waals surface area (Å²) < 4.78 is 12.7. The lowest BCUT2D eigenvalue weighted by molar-refractivity contribution is 0.160. The molecule has 2 aromatic heterocycles. The van der Waals surface area contributed by atoms with E-state index in [4.69, 9.17) is 20.8 Å². The van der Waals surface area contributed by atoms with Crippen molar-refractivity contribution in [3.63, 3.8) is 0 Å². The summed E-state index contributed by atoms with van der Waals surface area (Å²) in [5.41, 5.74) is 3.09. The van der Waals surface area contributed by atoms with Gasteiger partial charge in [-0.2, -0.15) is 5.10 Å². The number of hydrogen-bond acceptors (Lipinski definition) is 4. The highest BCUT2D eigenvalue weighted by molar-refractivity contribution is 6.35. The molecule has 0 atom stereocenters. The summed E-state index contributed by atoms with van der Waals surface area (Å²) in [6, 6.07) is 3.81. The van der Waals surface area contributed by atoms with E-state index in [1.807, 2.05) is 39.2 Å². The smallest absolute Gasteiger partial charge is 0.414 e. The number of aryl methyl sites for hydroxylation is 2. The highest BCUT2D eigenvalue weighted by atomic mass is 35.5. The molecule has 7 heteroatoms. The zero-order valence-electron chi connectivity index (χ0n) is 14.7. The molecule has 0 fully saturated rings. The minimum Gasteiger partial charge on any atom is -0.458 e. The molecule has 0 aliphatic carbocycles. The topological polar surface area (TPSA) is 60.5 Å². The van der Waals surface area contributed by atoms with Crippen molar-refractivity contribution < 1.29 is 13.9 Å². The number of ether oxygens (including phenoxy) is 1. The third-order valence-corrected chi connectivity index (χ3v) is 4.28. The van der Waals surface area contributed by atoms with Crippen LogP contribution in [0.2, 0.25) is 5.02 Å². The van der Waals surface area contributed by atoms with Crippen LogP contribution in [0.5, 0.6) is 0 Å². The van der Waals surface area contributed by atoms with Gasteiger partial charge in [-0.3, -0.25) is 9.58 Å². The van der Waals surface area contributed by atoms with E-state index >= 15 is 0 Å². The molecule has 0 N–H and O–H groups in total. The zero-order valence-corrected chi connectivity index (χ0v) is 15.4. The van der Waals surface area contributed by atoms with Crippen LogP contribution in [0.3, 0.4) is 0 Å². The maximum atomic E-state index is 12.3. The summed E-state index contributed by atoms with van der Waals surface area (Å²) in [6.07, 6.45) is 3.28. The SMILES string of the molecule is CCOC(=O)N(CC)c1c(C)oc2c(Cl)cc(-c3cnn(C)c3)cc12. The first-order valence-electron chi connectivity index (χ1n) is 8.12. The normalized spacial score (nSPS) is 11.1. The minimum absolute atomic E-state index is 0.311. The Balaban J connectivity index is 2.20. The first-order valence-corrected chi connectivity index (χ1v) is 8.50. The summed E-state index contributed by atoms with van der Waals surface area (Å²) >= 11 is 6.44. The van der Waals surface area contributed by atoms with Gasteiger partial charge in [0, 0.05) is 30.7 Å². The summed E-state index contributed by atoms with van der Waals surface area (Å²) in [7, 11) is 1.86. The Morgan fingerprint density at radius 3 is 2.72 bits per heavy atom. The molecule has 1 amide bonds. The average molecular weight is 362 g/mol. The largest absolute Gasteiger partial charge is 0.458 e. The van der Waals surface area contributed by atoms with Gasteiger partial charge in [-0.25, -0.2) is 4.79 Å². The number of furan rings is 1. The molecule has 0 saturated heterocycles. The van der Waals surface area contributed by atoms with E-state index in [0.29, 0.717) is 35.2 Å². The number of amides is 1. The molecule has 0 unspecified atom stereocenters. The first kappa shape index (κ1) is 17.4. The number of carbonyl (C=O) groups excluding carboxylic acids is 1. The van der Waals surface area contributed by atoms with Crippen molar-refractivity contribution in [2.75, 3.05) is 18.1 Å². The molecule has 25 heavy (non-hydrogen) atoms. The van der Waals surface area contributed by atoms with Crippen molar-refractivity contribution in [3.8, 4) is 11.1 Å². The molecule has 3 rings (SSSR count). The van der Waals surface area contributed by atoms with Gasteiger partial charge in [0.15, 0.2) is 5.58 Å². The Morgan fingerprint density at radius 2 is 2.12 bits per heavy atom. The van der Waals surface area contributed by atoms with Crippen LogP contribution in [0, 0.1) is 6.92 Å². The van der Waals surface area contributed by atoms with Gasteiger partial charge in [0.05, 0.1) is 23.5 Å². The van der Waals surface area contributed by atoms with E-state index < -0.39 is 6.09 Å². The molecule has 0 bridgehead atoms. The van der Waals surface area contributed by atoms with Gasteiger partial charge in [-0.15, -0.1) is 0 Å². The predicted molar refractivity (Wildman–Crippen MR) is 98.2 cm³/mol. The van der Waals surface area contributed by atoms with Crippen molar-refractivity contribution in [1.82, 2.24) is 9.78 Å². The van der Waals surface area contributed by atoms with Gasteiger partial charge in [0.2, 0.25) is 0 Å². The fraction of sp³-hybridized carbons (Fsp3) is 0.333. The fourth-order valence-electron chi connectivity index (χ4n) is 2.92. The molecule has 0 aliphatic rings. The Hall–Kier alpha value is -2.47. The second-order valence-corrected chi connectivity index (χ2v) is 6.09. The number of carbonyl (C=O) groups is 1. The maximum absolute atomic E-state index is 12.3. The Bertz CT molecular complexity index is 929. The molecule has 2 heterocycles. The van der Waals surface area contributed by atoms with Gasteiger partial charge in [0.1, 0.15) is 5.76 Å². The Labute approximate surface area is 150 Å². The summed E-state index contributed by atoms with van der Waals surface area (Å²) in [5.74, 6) is 0.620. The molecule has 0 radical (unpaired) electrons. The third kappa shape index (κ3) is 3.09. The number of rotatable bonds is 4. The highest BCUT2D eigenvalue weighted by Crippen LogP contribution is 2.40. The van der Waals surface area contributed by atoms with Crippen molar-refractivity contribution in [2.45, 2.75) is 20.8 Å². The number of halogens is 1. The van der Waals surface area contributed by atoms with Crippen LogP contribution >= 0.6 is 11.6 Å². The molecule has 1 aromatic carbocycles. The van der Waals surface area contributed by atoms with Crippen LogP contribution in [-0.4, -0.2) is 29.0 Å². The van der Waals surface area contributed by atoms with Gasteiger partial charge in [0.25, 0.3) is 0 Å².